The first-order valence-electron chi connectivity index (χ1n) is 5.02. The molecule has 0 saturated carbocycles. The minimum atomic E-state index is -3.43. The summed E-state index contributed by atoms with van der Waals surface area (Å²) in [6, 6.07) is -0.122. The number of carbonyl (C=O) groups is 1. The summed E-state index contributed by atoms with van der Waals surface area (Å²) in [7, 11) is -3.43. The third-order valence-electron chi connectivity index (χ3n) is 1.95. The van der Waals surface area contributed by atoms with Crippen LogP contribution in [0.25, 0.3) is 0 Å². The van der Waals surface area contributed by atoms with Crippen LogP contribution in [0.5, 0.6) is 0 Å². The molecule has 0 spiro atoms. The largest absolute Gasteiger partial charge is 0.481 e. The number of nitrogens with zero attached hydrogens (tertiary/aromatic N) is 1. The van der Waals surface area contributed by atoms with Crippen molar-refractivity contribution in [2.75, 3.05) is 12.3 Å². The van der Waals surface area contributed by atoms with Crippen LogP contribution in [0.15, 0.2) is 0 Å². The number of hydrogen-bond acceptors (Lipinski definition) is 3. The maximum atomic E-state index is 11.7. The molecule has 0 fully saturated rings. The Morgan fingerprint density at radius 2 is 1.93 bits per heavy atom. The molecule has 0 bridgehead atoms. The molecule has 0 aromatic heterocycles. The van der Waals surface area contributed by atoms with Crippen LogP contribution in [0.2, 0.25) is 0 Å². The number of rotatable bonds is 7. The highest BCUT2D eigenvalue weighted by molar-refractivity contribution is 7.89. The lowest BCUT2D eigenvalue weighted by Crippen LogP contribution is -2.39. The molecule has 6 heteroatoms. The molecule has 0 radical (unpaired) electrons. The van der Waals surface area contributed by atoms with Gasteiger partial charge < -0.3 is 5.11 Å². The van der Waals surface area contributed by atoms with Crippen molar-refractivity contribution in [3.05, 3.63) is 0 Å². The fourth-order valence-electron chi connectivity index (χ4n) is 1.27. The average molecular weight is 237 g/mol. The summed E-state index contributed by atoms with van der Waals surface area (Å²) < 4.78 is 24.8. The van der Waals surface area contributed by atoms with Crippen molar-refractivity contribution in [3.8, 4) is 0 Å². The van der Waals surface area contributed by atoms with Crippen molar-refractivity contribution in [3.63, 3.8) is 0 Å². The Kier molecular flexibility index (Phi) is 5.82. The van der Waals surface area contributed by atoms with Crippen molar-refractivity contribution in [1.29, 1.82) is 0 Å². The van der Waals surface area contributed by atoms with Gasteiger partial charge in [-0.25, -0.2) is 8.42 Å². The van der Waals surface area contributed by atoms with Gasteiger partial charge in [0.25, 0.3) is 0 Å². The predicted octanol–water partition coefficient (Wildman–Crippen LogP) is 0.911. The van der Waals surface area contributed by atoms with E-state index in [0.29, 0.717) is 6.54 Å². The number of hydrogen-bond donors (Lipinski definition) is 1. The number of sulfonamides is 1. The van der Waals surface area contributed by atoms with Crippen LogP contribution < -0.4 is 0 Å². The van der Waals surface area contributed by atoms with Crippen molar-refractivity contribution in [2.45, 2.75) is 39.7 Å². The third kappa shape index (κ3) is 5.13. The summed E-state index contributed by atoms with van der Waals surface area (Å²) >= 11 is 0. The number of carboxylic acids is 1. The highest BCUT2D eigenvalue weighted by atomic mass is 32.2. The van der Waals surface area contributed by atoms with E-state index in [4.69, 9.17) is 5.11 Å². The van der Waals surface area contributed by atoms with E-state index in [0.717, 1.165) is 6.42 Å². The number of aliphatic carboxylic acids is 1. The Morgan fingerprint density at radius 1 is 1.40 bits per heavy atom. The first kappa shape index (κ1) is 14.4. The molecule has 0 rings (SSSR count). The summed E-state index contributed by atoms with van der Waals surface area (Å²) in [6.07, 6.45) is 0.389. The summed E-state index contributed by atoms with van der Waals surface area (Å²) in [5.41, 5.74) is 0. The Bertz CT molecular complexity index is 297. The smallest absolute Gasteiger partial charge is 0.304 e. The van der Waals surface area contributed by atoms with Gasteiger partial charge in [-0.1, -0.05) is 6.92 Å². The first-order chi connectivity index (χ1) is 6.81. The zero-order valence-corrected chi connectivity index (χ0v) is 10.2. The van der Waals surface area contributed by atoms with Gasteiger partial charge in [-0.15, -0.1) is 0 Å². The Hall–Kier alpha value is -0.620. The Balaban J connectivity index is 4.57. The van der Waals surface area contributed by atoms with Gasteiger partial charge in [0.05, 0.1) is 12.2 Å². The fraction of sp³-hybridized carbons (Fsp3) is 0.889. The Morgan fingerprint density at radius 3 is 2.27 bits per heavy atom. The van der Waals surface area contributed by atoms with Crippen LogP contribution in [-0.4, -0.2) is 42.1 Å². The van der Waals surface area contributed by atoms with Crippen LogP contribution in [0, 0.1) is 0 Å². The molecule has 1 N–H and O–H groups in total. The second kappa shape index (κ2) is 6.07. The average Bonchev–Trinajstić information content (AvgIpc) is 2.10. The van der Waals surface area contributed by atoms with E-state index in [1.165, 1.54) is 4.31 Å². The molecule has 0 atom stereocenters. The molecule has 90 valence electrons. The molecular weight excluding hydrogens is 218 g/mol. The van der Waals surface area contributed by atoms with Gasteiger partial charge >= 0.3 is 5.97 Å². The minimum Gasteiger partial charge on any atom is -0.481 e. The topological polar surface area (TPSA) is 74.7 Å². The standard InChI is InChI=1S/C9H19NO4S/c1-4-6-10(8(2)3)15(13,14)7-5-9(11)12/h8H,4-7H2,1-3H3,(H,11,12). The molecule has 0 aromatic carbocycles. The van der Waals surface area contributed by atoms with E-state index in [1.807, 2.05) is 6.92 Å². The van der Waals surface area contributed by atoms with Crippen LogP contribution in [-0.2, 0) is 14.8 Å². The van der Waals surface area contributed by atoms with Crippen molar-refractivity contribution in [1.82, 2.24) is 4.31 Å². The maximum absolute atomic E-state index is 11.7. The van der Waals surface area contributed by atoms with Gasteiger partial charge in [0.2, 0.25) is 10.0 Å². The highest BCUT2D eigenvalue weighted by Crippen LogP contribution is 2.09. The quantitative estimate of drug-likeness (QED) is 0.714. The van der Waals surface area contributed by atoms with Gasteiger partial charge in [-0.05, 0) is 20.3 Å². The molecule has 0 aliphatic heterocycles. The minimum absolute atomic E-state index is 0.122. The molecule has 0 aliphatic carbocycles. The van der Waals surface area contributed by atoms with E-state index < -0.39 is 16.0 Å². The van der Waals surface area contributed by atoms with Gasteiger partial charge in [0.15, 0.2) is 0 Å². The Labute approximate surface area is 91.1 Å². The molecular formula is C9H19NO4S. The van der Waals surface area contributed by atoms with Crippen LogP contribution in [0.1, 0.15) is 33.6 Å². The lowest BCUT2D eigenvalue weighted by molar-refractivity contribution is -0.136. The molecule has 0 amide bonds. The molecule has 15 heavy (non-hydrogen) atoms. The van der Waals surface area contributed by atoms with E-state index in [2.05, 4.69) is 0 Å². The zero-order chi connectivity index (χ0) is 12.1. The summed E-state index contributed by atoms with van der Waals surface area (Å²) in [4.78, 5) is 10.3. The highest BCUT2D eigenvalue weighted by Gasteiger charge is 2.24. The molecule has 0 saturated heterocycles. The van der Waals surface area contributed by atoms with E-state index in [1.54, 1.807) is 13.8 Å². The van der Waals surface area contributed by atoms with Gasteiger partial charge in [-0.3, -0.25) is 4.79 Å². The van der Waals surface area contributed by atoms with E-state index >= 15 is 0 Å². The van der Waals surface area contributed by atoms with Crippen LogP contribution in [0.4, 0.5) is 0 Å². The fourth-order valence-corrected chi connectivity index (χ4v) is 3.04. The molecule has 0 aromatic rings. The summed E-state index contributed by atoms with van der Waals surface area (Å²) in [6.45, 7) is 5.91. The maximum Gasteiger partial charge on any atom is 0.304 e. The predicted molar refractivity (Wildman–Crippen MR) is 58.2 cm³/mol. The van der Waals surface area contributed by atoms with Crippen molar-refractivity contribution >= 4 is 16.0 Å². The molecule has 0 heterocycles. The number of carboxylic acid groups (broad SMARTS) is 1. The van der Waals surface area contributed by atoms with Gasteiger partial charge in [0, 0.05) is 12.6 Å². The summed E-state index contributed by atoms with van der Waals surface area (Å²) in [5, 5.41) is 8.44. The lowest BCUT2D eigenvalue weighted by atomic mass is 10.4. The molecule has 0 aliphatic rings. The van der Waals surface area contributed by atoms with E-state index in [-0.39, 0.29) is 18.2 Å². The van der Waals surface area contributed by atoms with Crippen LogP contribution in [0.3, 0.4) is 0 Å². The lowest BCUT2D eigenvalue weighted by Gasteiger charge is -2.25. The van der Waals surface area contributed by atoms with Crippen molar-refractivity contribution in [2.24, 2.45) is 0 Å². The summed E-state index contributed by atoms with van der Waals surface area (Å²) in [5.74, 6) is -1.40. The molecule has 5 nitrogen and oxygen atoms in total. The van der Waals surface area contributed by atoms with E-state index in [9.17, 15) is 13.2 Å². The monoisotopic (exact) mass is 237 g/mol. The zero-order valence-electron chi connectivity index (χ0n) is 9.43. The van der Waals surface area contributed by atoms with Crippen molar-refractivity contribution < 1.29 is 18.3 Å². The molecule has 0 unspecified atom stereocenters. The first-order valence-corrected chi connectivity index (χ1v) is 6.63. The SMILES string of the molecule is CCCN(C(C)C)S(=O)(=O)CCC(=O)O. The van der Waals surface area contributed by atoms with Gasteiger partial charge in [0.1, 0.15) is 0 Å². The third-order valence-corrected chi connectivity index (χ3v) is 3.99. The van der Waals surface area contributed by atoms with Gasteiger partial charge in [-0.2, -0.15) is 4.31 Å². The van der Waals surface area contributed by atoms with Crippen LogP contribution >= 0.6 is 0 Å². The second-order valence-electron chi connectivity index (χ2n) is 3.66. The normalized spacial score (nSPS) is 12.3. The second-order valence-corrected chi connectivity index (χ2v) is 5.71.